The van der Waals surface area contributed by atoms with Crippen molar-refractivity contribution in [2.75, 3.05) is 7.05 Å². The molecule has 0 radical (unpaired) electrons. The van der Waals surface area contributed by atoms with Crippen molar-refractivity contribution >= 4 is 29.7 Å². The quantitative estimate of drug-likeness (QED) is 0.846. The first-order valence-corrected chi connectivity index (χ1v) is 7.82. The number of rotatable bonds is 6. The summed E-state index contributed by atoms with van der Waals surface area (Å²) in [4.78, 5) is 15.0. The Morgan fingerprint density at radius 3 is 2.68 bits per heavy atom. The Balaban J connectivity index is 0.00000242. The second-order valence-electron chi connectivity index (χ2n) is 5.30. The largest absolute Gasteiger partial charge is 0.352 e. The summed E-state index contributed by atoms with van der Waals surface area (Å²) in [7, 11) is 3.63. The monoisotopic (exact) mass is 342 g/mol. The molecule has 2 aromatic heterocycles. The molecule has 0 aromatic carbocycles. The fourth-order valence-corrected chi connectivity index (χ4v) is 3.33. The van der Waals surface area contributed by atoms with Gasteiger partial charge in [0.05, 0.1) is 6.20 Å². The molecule has 122 valence electrons. The number of aryl methyl sites for hydroxylation is 2. The Morgan fingerprint density at radius 2 is 2.18 bits per heavy atom. The van der Waals surface area contributed by atoms with Gasteiger partial charge in [-0.2, -0.15) is 5.10 Å². The van der Waals surface area contributed by atoms with E-state index in [-0.39, 0.29) is 30.4 Å². The molecule has 0 aliphatic carbocycles. The minimum Gasteiger partial charge on any atom is -0.352 e. The van der Waals surface area contributed by atoms with Crippen molar-refractivity contribution in [1.29, 1.82) is 0 Å². The van der Waals surface area contributed by atoms with Crippen LogP contribution in [0, 0.1) is 6.92 Å². The lowest BCUT2D eigenvalue weighted by molar-refractivity contribution is -0.123. The summed E-state index contributed by atoms with van der Waals surface area (Å²) in [5.41, 5.74) is 0.872. The van der Waals surface area contributed by atoms with Crippen LogP contribution in [-0.2, 0) is 18.3 Å². The van der Waals surface area contributed by atoms with Crippen molar-refractivity contribution in [2.45, 2.75) is 32.4 Å². The van der Waals surface area contributed by atoms with Gasteiger partial charge in [-0.05, 0) is 33.0 Å². The van der Waals surface area contributed by atoms with Crippen LogP contribution in [0.4, 0.5) is 0 Å². The average molecular weight is 343 g/mol. The summed E-state index contributed by atoms with van der Waals surface area (Å²) in [6.07, 6.45) is 4.43. The zero-order valence-corrected chi connectivity index (χ0v) is 14.9. The number of hydrogen-bond acceptors (Lipinski definition) is 4. The van der Waals surface area contributed by atoms with Crippen LogP contribution in [0.2, 0.25) is 0 Å². The fraction of sp³-hybridized carbons (Fsp3) is 0.467. The first-order chi connectivity index (χ1) is 9.99. The molecular weight excluding hydrogens is 320 g/mol. The minimum atomic E-state index is -0.369. The standard InChI is InChI=1S/C15H22N4OS.ClH/c1-10(7-13-6-5-11(2)21-13)18-15(20)14(16-3)12-8-17-19(4)9-12;/h5-6,8-10,14,16H,7H2,1-4H3,(H,18,20);1H. The van der Waals surface area contributed by atoms with Crippen LogP contribution >= 0.6 is 23.7 Å². The summed E-state index contributed by atoms with van der Waals surface area (Å²) in [5, 5.41) is 10.2. The molecular formula is C15H23ClN4OS. The Morgan fingerprint density at radius 1 is 1.45 bits per heavy atom. The van der Waals surface area contributed by atoms with Crippen LogP contribution in [0.1, 0.15) is 28.3 Å². The number of carbonyl (C=O) groups excluding carboxylic acids is 1. The van der Waals surface area contributed by atoms with Crippen molar-refractivity contribution in [1.82, 2.24) is 20.4 Å². The third-order valence-electron chi connectivity index (χ3n) is 3.30. The van der Waals surface area contributed by atoms with Crippen LogP contribution in [0.3, 0.4) is 0 Å². The lowest BCUT2D eigenvalue weighted by atomic mass is 10.1. The van der Waals surface area contributed by atoms with Gasteiger partial charge in [0, 0.05) is 41.0 Å². The van der Waals surface area contributed by atoms with Crippen molar-refractivity contribution in [3.05, 3.63) is 39.8 Å². The first kappa shape index (κ1) is 18.7. The second kappa shape index (κ2) is 8.31. The molecule has 2 N–H and O–H groups in total. The van der Waals surface area contributed by atoms with E-state index in [1.54, 1.807) is 29.3 Å². The van der Waals surface area contributed by atoms with Crippen LogP contribution in [-0.4, -0.2) is 28.8 Å². The molecule has 0 fully saturated rings. The van der Waals surface area contributed by atoms with Gasteiger partial charge in [-0.15, -0.1) is 23.7 Å². The summed E-state index contributed by atoms with van der Waals surface area (Å²) in [6, 6.07) is 3.97. The molecule has 0 aliphatic rings. The third kappa shape index (κ3) is 4.83. The zero-order chi connectivity index (χ0) is 15.4. The van der Waals surface area contributed by atoms with Gasteiger partial charge in [-0.3, -0.25) is 9.48 Å². The van der Waals surface area contributed by atoms with Crippen molar-refractivity contribution in [3.63, 3.8) is 0 Å². The van der Waals surface area contributed by atoms with E-state index in [4.69, 9.17) is 0 Å². The van der Waals surface area contributed by atoms with Crippen molar-refractivity contribution in [2.24, 2.45) is 7.05 Å². The van der Waals surface area contributed by atoms with Gasteiger partial charge in [-0.25, -0.2) is 0 Å². The van der Waals surface area contributed by atoms with Crippen LogP contribution in [0.25, 0.3) is 0 Å². The maximum Gasteiger partial charge on any atom is 0.242 e. The summed E-state index contributed by atoms with van der Waals surface area (Å²) < 4.78 is 1.70. The van der Waals surface area contributed by atoms with E-state index >= 15 is 0 Å². The highest BCUT2D eigenvalue weighted by Crippen LogP contribution is 2.17. The molecule has 5 nitrogen and oxygen atoms in total. The van der Waals surface area contributed by atoms with Gasteiger partial charge in [0.1, 0.15) is 6.04 Å². The Labute approximate surface area is 141 Å². The topological polar surface area (TPSA) is 59.0 Å². The third-order valence-corrected chi connectivity index (χ3v) is 4.32. The predicted molar refractivity (Wildman–Crippen MR) is 92.6 cm³/mol. The molecule has 0 spiro atoms. The van der Waals surface area contributed by atoms with Crippen LogP contribution < -0.4 is 10.6 Å². The van der Waals surface area contributed by atoms with Gasteiger partial charge in [0.15, 0.2) is 0 Å². The van der Waals surface area contributed by atoms with Crippen LogP contribution in [0.5, 0.6) is 0 Å². The van der Waals surface area contributed by atoms with E-state index in [2.05, 4.69) is 34.8 Å². The van der Waals surface area contributed by atoms with E-state index in [1.807, 2.05) is 20.2 Å². The van der Waals surface area contributed by atoms with E-state index in [1.165, 1.54) is 9.75 Å². The number of aromatic nitrogens is 2. The van der Waals surface area contributed by atoms with Gasteiger partial charge >= 0.3 is 0 Å². The molecule has 2 aromatic rings. The zero-order valence-electron chi connectivity index (χ0n) is 13.3. The smallest absolute Gasteiger partial charge is 0.242 e. The summed E-state index contributed by atoms with van der Waals surface area (Å²) in [5.74, 6) is -0.0220. The Hall–Kier alpha value is -1.37. The number of nitrogens with zero attached hydrogens (tertiary/aromatic N) is 2. The molecule has 2 unspecified atom stereocenters. The molecule has 7 heteroatoms. The van der Waals surface area contributed by atoms with Gasteiger partial charge in [-0.1, -0.05) is 0 Å². The van der Waals surface area contributed by atoms with Crippen molar-refractivity contribution in [3.8, 4) is 0 Å². The fourth-order valence-electron chi connectivity index (χ4n) is 2.31. The molecule has 0 saturated carbocycles. The molecule has 1 amide bonds. The maximum absolute atomic E-state index is 12.4. The number of halogens is 1. The van der Waals surface area contributed by atoms with E-state index < -0.39 is 0 Å². The Kier molecular flexibility index (Phi) is 7.06. The molecule has 0 bridgehead atoms. The predicted octanol–water partition coefficient (Wildman–Crippen LogP) is 2.22. The number of amides is 1. The lowest BCUT2D eigenvalue weighted by Gasteiger charge is -2.18. The highest BCUT2D eigenvalue weighted by atomic mass is 35.5. The SMILES string of the molecule is CNC(C(=O)NC(C)Cc1ccc(C)s1)c1cnn(C)c1.Cl. The van der Waals surface area contributed by atoms with Gasteiger partial charge in [0.25, 0.3) is 0 Å². The van der Waals surface area contributed by atoms with Gasteiger partial charge in [0.2, 0.25) is 5.91 Å². The number of hydrogen-bond donors (Lipinski definition) is 2. The second-order valence-corrected chi connectivity index (χ2v) is 6.67. The summed E-state index contributed by atoms with van der Waals surface area (Å²) >= 11 is 1.78. The molecule has 0 aliphatic heterocycles. The maximum atomic E-state index is 12.4. The average Bonchev–Trinajstić information content (AvgIpc) is 2.99. The molecule has 22 heavy (non-hydrogen) atoms. The normalized spacial score (nSPS) is 13.3. The molecule has 0 saturated heterocycles. The van der Waals surface area contributed by atoms with Crippen LogP contribution in [0.15, 0.2) is 24.5 Å². The van der Waals surface area contributed by atoms with E-state index in [9.17, 15) is 4.79 Å². The highest BCUT2D eigenvalue weighted by Gasteiger charge is 2.21. The number of nitrogens with one attached hydrogen (secondary N) is 2. The minimum absolute atomic E-state index is 0. The van der Waals surface area contributed by atoms with Crippen molar-refractivity contribution < 1.29 is 4.79 Å². The van der Waals surface area contributed by atoms with Gasteiger partial charge < -0.3 is 10.6 Å². The molecule has 2 rings (SSSR count). The molecule has 2 heterocycles. The highest BCUT2D eigenvalue weighted by molar-refractivity contribution is 7.11. The Bertz CT molecular complexity index is 610. The number of likely N-dealkylation sites (N-methyl/N-ethyl adjacent to an activating group) is 1. The first-order valence-electron chi connectivity index (χ1n) is 7.01. The summed E-state index contributed by atoms with van der Waals surface area (Å²) in [6.45, 7) is 4.12. The van der Waals surface area contributed by atoms with E-state index in [0.717, 1.165) is 12.0 Å². The number of thiophene rings is 1. The lowest BCUT2D eigenvalue weighted by Crippen LogP contribution is -2.41. The molecule has 2 atom stereocenters. The van der Waals surface area contributed by atoms with E-state index in [0.29, 0.717) is 0 Å². The number of carbonyl (C=O) groups is 1.